The van der Waals surface area contributed by atoms with Gasteiger partial charge in [0.2, 0.25) is 10.0 Å². The Bertz CT molecular complexity index is 1010. The van der Waals surface area contributed by atoms with Gasteiger partial charge in [0.25, 0.3) is 0 Å². The van der Waals surface area contributed by atoms with Crippen LogP contribution < -0.4 is 0 Å². The normalized spacial score (nSPS) is 19.0. The molecule has 0 saturated carbocycles. The molecule has 0 spiro atoms. The Balaban J connectivity index is 1.43. The maximum absolute atomic E-state index is 13.1. The van der Waals surface area contributed by atoms with Gasteiger partial charge < -0.3 is 0 Å². The second kappa shape index (κ2) is 8.56. The molecule has 1 atom stereocenters. The van der Waals surface area contributed by atoms with Crippen LogP contribution in [-0.4, -0.2) is 43.8 Å². The second-order valence-electron chi connectivity index (χ2n) is 7.76. The SMILES string of the molecule is CCN(CCCN1CCc2cccc3c2C1CC3)S(=O)(=O)c1cc(Cl)ccc1Cl. The molecule has 2 aliphatic rings. The van der Waals surface area contributed by atoms with Gasteiger partial charge in [0.1, 0.15) is 4.90 Å². The third kappa shape index (κ3) is 4.08. The van der Waals surface area contributed by atoms with E-state index in [1.54, 1.807) is 6.07 Å². The number of hydrogen-bond acceptors (Lipinski definition) is 3. The third-order valence-corrected chi connectivity index (χ3v) is 8.82. The van der Waals surface area contributed by atoms with E-state index >= 15 is 0 Å². The maximum Gasteiger partial charge on any atom is 0.244 e. The Morgan fingerprint density at radius 1 is 1.14 bits per heavy atom. The molecular weight excluding hydrogens is 427 g/mol. The molecule has 0 radical (unpaired) electrons. The van der Waals surface area contributed by atoms with Crippen LogP contribution in [0.3, 0.4) is 0 Å². The number of hydrogen-bond donors (Lipinski definition) is 0. The van der Waals surface area contributed by atoms with Crippen LogP contribution in [-0.2, 0) is 22.9 Å². The van der Waals surface area contributed by atoms with Crippen LogP contribution in [0.25, 0.3) is 0 Å². The number of nitrogens with zero attached hydrogens (tertiary/aromatic N) is 2. The van der Waals surface area contributed by atoms with Gasteiger partial charge >= 0.3 is 0 Å². The molecule has 29 heavy (non-hydrogen) atoms. The van der Waals surface area contributed by atoms with Gasteiger partial charge in [0.15, 0.2) is 0 Å². The molecule has 4 rings (SSSR count). The average molecular weight is 453 g/mol. The van der Waals surface area contributed by atoms with Crippen molar-refractivity contribution in [1.29, 1.82) is 0 Å². The number of rotatable bonds is 7. The van der Waals surface area contributed by atoms with E-state index in [1.807, 2.05) is 6.92 Å². The highest BCUT2D eigenvalue weighted by Gasteiger charge is 2.33. The zero-order valence-electron chi connectivity index (χ0n) is 16.6. The van der Waals surface area contributed by atoms with Crippen molar-refractivity contribution in [3.8, 4) is 0 Å². The van der Waals surface area contributed by atoms with Crippen LogP contribution in [0.4, 0.5) is 0 Å². The minimum absolute atomic E-state index is 0.0841. The number of halogens is 2. The first-order valence-electron chi connectivity index (χ1n) is 10.2. The molecule has 0 N–H and O–H groups in total. The fourth-order valence-corrected chi connectivity index (χ4v) is 6.96. The molecule has 1 heterocycles. The quantitative estimate of drug-likeness (QED) is 0.596. The van der Waals surface area contributed by atoms with Gasteiger partial charge in [-0.2, -0.15) is 4.31 Å². The molecule has 156 valence electrons. The van der Waals surface area contributed by atoms with E-state index in [2.05, 4.69) is 23.1 Å². The number of sulfonamides is 1. The van der Waals surface area contributed by atoms with Gasteiger partial charge in [-0.1, -0.05) is 48.3 Å². The minimum atomic E-state index is -3.67. The van der Waals surface area contributed by atoms with E-state index in [4.69, 9.17) is 23.2 Å². The maximum atomic E-state index is 13.1. The third-order valence-electron chi connectivity index (χ3n) is 6.13. The van der Waals surface area contributed by atoms with Crippen LogP contribution in [0.1, 0.15) is 42.5 Å². The summed E-state index contributed by atoms with van der Waals surface area (Å²) in [7, 11) is -3.67. The average Bonchev–Trinajstić information content (AvgIpc) is 3.14. The summed E-state index contributed by atoms with van der Waals surface area (Å²) in [5.74, 6) is 0. The lowest BCUT2D eigenvalue weighted by Crippen LogP contribution is -2.38. The van der Waals surface area contributed by atoms with Crippen LogP contribution in [0.2, 0.25) is 10.0 Å². The second-order valence-corrected chi connectivity index (χ2v) is 10.5. The molecule has 2 aromatic rings. The summed E-state index contributed by atoms with van der Waals surface area (Å²) in [4.78, 5) is 2.62. The monoisotopic (exact) mass is 452 g/mol. The Labute approximate surface area is 183 Å². The summed E-state index contributed by atoms with van der Waals surface area (Å²) in [6.45, 7) is 4.67. The zero-order valence-corrected chi connectivity index (χ0v) is 18.9. The molecule has 0 aromatic heterocycles. The van der Waals surface area contributed by atoms with Crippen molar-refractivity contribution in [2.24, 2.45) is 0 Å². The highest BCUT2D eigenvalue weighted by atomic mass is 35.5. The van der Waals surface area contributed by atoms with Crippen molar-refractivity contribution < 1.29 is 8.42 Å². The predicted molar refractivity (Wildman–Crippen MR) is 118 cm³/mol. The van der Waals surface area contributed by atoms with Crippen molar-refractivity contribution in [3.05, 3.63) is 63.1 Å². The Morgan fingerprint density at radius 3 is 2.66 bits per heavy atom. The van der Waals surface area contributed by atoms with Crippen molar-refractivity contribution in [2.45, 2.75) is 43.5 Å². The minimum Gasteiger partial charge on any atom is -0.296 e. The van der Waals surface area contributed by atoms with Crippen molar-refractivity contribution in [2.75, 3.05) is 26.2 Å². The van der Waals surface area contributed by atoms with Gasteiger partial charge in [-0.3, -0.25) is 4.90 Å². The van der Waals surface area contributed by atoms with E-state index in [1.165, 1.54) is 39.5 Å². The fourth-order valence-electron chi connectivity index (χ4n) is 4.73. The van der Waals surface area contributed by atoms with E-state index in [0.29, 0.717) is 24.2 Å². The Kier molecular flexibility index (Phi) is 6.24. The molecule has 1 aliphatic heterocycles. The molecule has 2 aromatic carbocycles. The number of benzene rings is 2. The largest absolute Gasteiger partial charge is 0.296 e. The van der Waals surface area contributed by atoms with Gasteiger partial charge in [0.05, 0.1) is 5.02 Å². The van der Waals surface area contributed by atoms with Gasteiger partial charge in [-0.05, 0) is 60.6 Å². The highest BCUT2D eigenvalue weighted by molar-refractivity contribution is 7.89. The Hall–Kier alpha value is -1.11. The summed E-state index contributed by atoms with van der Waals surface area (Å²) < 4.78 is 27.7. The first-order valence-corrected chi connectivity index (χ1v) is 12.4. The lowest BCUT2D eigenvalue weighted by molar-refractivity contribution is 0.179. The molecule has 0 bridgehead atoms. The van der Waals surface area contributed by atoms with Gasteiger partial charge in [-0.25, -0.2) is 8.42 Å². The molecule has 0 saturated heterocycles. The molecule has 4 nitrogen and oxygen atoms in total. The standard InChI is InChI=1S/C22H26Cl2N2O2S/c1-2-26(29(27,28)21-15-18(23)8-9-19(21)24)13-4-12-25-14-11-17-6-3-5-16-7-10-20(25)22(16)17/h3,5-6,8-9,15,20H,2,4,7,10-14H2,1H3. The number of aryl methyl sites for hydroxylation is 1. The van der Waals surface area contributed by atoms with Crippen LogP contribution in [0.15, 0.2) is 41.3 Å². The molecule has 0 fully saturated rings. The van der Waals surface area contributed by atoms with Crippen LogP contribution in [0.5, 0.6) is 0 Å². The molecule has 7 heteroatoms. The summed E-state index contributed by atoms with van der Waals surface area (Å²) >= 11 is 12.2. The van der Waals surface area contributed by atoms with Crippen molar-refractivity contribution >= 4 is 33.2 Å². The van der Waals surface area contributed by atoms with E-state index in [-0.39, 0.29) is 9.92 Å². The summed E-state index contributed by atoms with van der Waals surface area (Å²) in [5, 5.41) is 0.576. The van der Waals surface area contributed by atoms with Crippen LogP contribution in [0, 0.1) is 0 Å². The summed E-state index contributed by atoms with van der Waals surface area (Å²) in [6.07, 6.45) is 4.18. The first-order chi connectivity index (χ1) is 13.9. The van der Waals surface area contributed by atoms with Crippen molar-refractivity contribution in [1.82, 2.24) is 9.21 Å². The van der Waals surface area contributed by atoms with Crippen LogP contribution >= 0.6 is 23.2 Å². The lowest BCUT2D eigenvalue weighted by Gasteiger charge is -2.35. The highest BCUT2D eigenvalue weighted by Crippen LogP contribution is 2.41. The topological polar surface area (TPSA) is 40.6 Å². The molecule has 1 aliphatic carbocycles. The molecular formula is C22H26Cl2N2O2S. The predicted octanol–water partition coefficient (Wildman–Crippen LogP) is 4.94. The van der Waals surface area contributed by atoms with Crippen molar-refractivity contribution in [3.63, 3.8) is 0 Å². The fraction of sp³-hybridized carbons (Fsp3) is 0.455. The summed E-state index contributed by atoms with van der Waals surface area (Å²) in [5.41, 5.74) is 4.52. The van der Waals surface area contributed by atoms with Gasteiger partial charge in [0, 0.05) is 37.2 Å². The zero-order chi connectivity index (χ0) is 20.6. The summed E-state index contributed by atoms with van der Waals surface area (Å²) in [6, 6.07) is 11.7. The van der Waals surface area contributed by atoms with E-state index < -0.39 is 10.0 Å². The van der Waals surface area contributed by atoms with E-state index in [9.17, 15) is 8.42 Å². The molecule has 1 unspecified atom stereocenters. The first kappa shape index (κ1) is 21.1. The lowest BCUT2D eigenvalue weighted by atomic mass is 9.93. The molecule has 0 amide bonds. The van der Waals surface area contributed by atoms with E-state index in [0.717, 1.165) is 32.4 Å². The smallest absolute Gasteiger partial charge is 0.244 e. The Morgan fingerprint density at radius 2 is 1.90 bits per heavy atom. The van der Waals surface area contributed by atoms with Gasteiger partial charge in [-0.15, -0.1) is 0 Å².